The Bertz CT molecular complexity index is 614. The summed E-state index contributed by atoms with van der Waals surface area (Å²) in [4.78, 5) is 17.1. The molecule has 1 amide bonds. The first kappa shape index (κ1) is 16.9. The van der Waals surface area contributed by atoms with E-state index < -0.39 is 0 Å². The Morgan fingerprint density at radius 2 is 1.96 bits per heavy atom. The SMILES string of the molecule is CCN1C(=O)CCN(Cc2ccc(C#N)cc2)CC12CCOCC2. The molecule has 2 fully saturated rings. The average Bonchev–Trinajstić information content (AvgIpc) is 2.73. The second kappa shape index (κ2) is 7.33. The van der Waals surface area contributed by atoms with Gasteiger partial charge in [0.05, 0.1) is 17.2 Å². The van der Waals surface area contributed by atoms with E-state index in [2.05, 4.69) is 22.8 Å². The lowest BCUT2D eigenvalue weighted by Crippen LogP contribution is -2.58. The van der Waals surface area contributed by atoms with Crippen molar-refractivity contribution in [1.29, 1.82) is 5.26 Å². The van der Waals surface area contributed by atoms with Gasteiger partial charge in [0, 0.05) is 45.8 Å². The molecule has 2 aliphatic rings. The molecular weight excluding hydrogens is 302 g/mol. The monoisotopic (exact) mass is 327 g/mol. The number of hydrogen-bond donors (Lipinski definition) is 0. The number of rotatable bonds is 3. The maximum absolute atomic E-state index is 12.6. The van der Waals surface area contributed by atoms with E-state index in [1.165, 1.54) is 5.56 Å². The van der Waals surface area contributed by atoms with Crippen molar-refractivity contribution in [2.75, 3.05) is 32.8 Å². The van der Waals surface area contributed by atoms with Gasteiger partial charge in [-0.25, -0.2) is 0 Å². The predicted octanol–water partition coefficient (Wildman–Crippen LogP) is 2.16. The summed E-state index contributed by atoms with van der Waals surface area (Å²) < 4.78 is 5.56. The molecule has 2 aliphatic heterocycles. The minimum atomic E-state index is -0.0901. The summed E-state index contributed by atoms with van der Waals surface area (Å²) >= 11 is 0. The van der Waals surface area contributed by atoms with Crippen molar-refractivity contribution in [2.24, 2.45) is 0 Å². The van der Waals surface area contributed by atoms with E-state index in [1.807, 2.05) is 24.3 Å². The fourth-order valence-electron chi connectivity index (χ4n) is 4.00. The van der Waals surface area contributed by atoms with Gasteiger partial charge in [0.1, 0.15) is 0 Å². The molecule has 0 atom stereocenters. The molecule has 5 heteroatoms. The number of amides is 1. The topological polar surface area (TPSA) is 56.6 Å². The number of hydrogen-bond acceptors (Lipinski definition) is 4. The number of nitrogens with zero attached hydrogens (tertiary/aromatic N) is 3. The molecule has 1 spiro atoms. The van der Waals surface area contributed by atoms with Gasteiger partial charge in [-0.3, -0.25) is 9.69 Å². The molecule has 0 N–H and O–H groups in total. The molecule has 0 saturated carbocycles. The van der Waals surface area contributed by atoms with Crippen molar-refractivity contribution in [2.45, 2.75) is 38.3 Å². The molecule has 3 rings (SSSR count). The van der Waals surface area contributed by atoms with Gasteiger partial charge in [-0.2, -0.15) is 5.26 Å². The van der Waals surface area contributed by atoms with Gasteiger partial charge in [-0.1, -0.05) is 12.1 Å². The first-order chi connectivity index (χ1) is 11.7. The third-order valence-corrected chi connectivity index (χ3v) is 5.26. The lowest BCUT2D eigenvalue weighted by molar-refractivity contribution is -0.140. The van der Waals surface area contributed by atoms with E-state index >= 15 is 0 Å². The highest BCUT2D eigenvalue weighted by molar-refractivity contribution is 5.77. The van der Waals surface area contributed by atoms with Gasteiger partial charge in [0.2, 0.25) is 5.91 Å². The summed E-state index contributed by atoms with van der Waals surface area (Å²) in [6, 6.07) is 9.91. The van der Waals surface area contributed by atoms with Crippen molar-refractivity contribution >= 4 is 5.91 Å². The number of carbonyl (C=O) groups excluding carboxylic acids is 1. The van der Waals surface area contributed by atoms with Crippen molar-refractivity contribution in [3.05, 3.63) is 35.4 Å². The number of benzene rings is 1. The van der Waals surface area contributed by atoms with Crippen molar-refractivity contribution < 1.29 is 9.53 Å². The molecule has 0 aromatic heterocycles. The van der Waals surface area contributed by atoms with Crippen LogP contribution in [0.15, 0.2) is 24.3 Å². The second-order valence-electron chi connectivity index (χ2n) is 6.74. The molecular formula is C19H25N3O2. The van der Waals surface area contributed by atoms with Crippen LogP contribution in [0.1, 0.15) is 37.3 Å². The molecule has 2 saturated heterocycles. The lowest BCUT2D eigenvalue weighted by atomic mass is 9.87. The summed E-state index contributed by atoms with van der Waals surface area (Å²) in [5.41, 5.74) is 1.78. The number of ether oxygens (including phenoxy) is 1. The molecule has 5 nitrogen and oxygen atoms in total. The molecule has 128 valence electrons. The Balaban J connectivity index is 1.78. The van der Waals surface area contributed by atoms with Crippen LogP contribution in [0.3, 0.4) is 0 Å². The zero-order chi connectivity index (χ0) is 17.0. The minimum Gasteiger partial charge on any atom is -0.381 e. The van der Waals surface area contributed by atoms with Crippen LogP contribution < -0.4 is 0 Å². The summed E-state index contributed by atoms with van der Waals surface area (Å²) in [7, 11) is 0. The Hall–Kier alpha value is -1.90. The molecule has 2 heterocycles. The normalized spacial score (nSPS) is 21.5. The van der Waals surface area contributed by atoms with E-state index in [1.54, 1.807) is 0 Å². The Kier molecular flexibility index (Phi) is 5.17. The number of carbonyl (C=O) groups is 1. The maximum Gasteiger partial charge on any atom is 0.224 e. The van der Waals surface area contributed by atoms with Crippen LogP contribution in [0, 0.1) is 11.3 Å². The maximum atomic E-state index is 12.6. The highest BCUT2D eigenvalue weighted by atomic mass is 16.5. The van der Waals surface area contributed by atoms with Crippen LogP contribution >= 0.6 is 0 Å². The van der Waals surface area contributed by atoms with Gasteiger partial charge in [0.25, 0.3) is 0 Å². The molecule has 1 aromatic carbocycles. The summed E-state index contributed by atoms with van der Waals surface area (Å²) in [5, 5.41) is 8.92. The van der Waals surface area contributed by atoms with Crippen LogP contribution in [0.5, 0.6) is 0 Å². The van der Waals surface area contributed by atoms with Gasteiger partial charge < -0.3 is 9.64 Å². The van der Waals surface area contributed by atoms with Crippen LogP contribution in [0.2, 0.25) is 0 Å². The second-order valence-corrected chi connectivity index (χ2v) is 6.74. The van der Waals surface area contributed by atoms with Crippen molar-refractivity contribution in [3.8, 4) is 6.07 Å². The highest BCUT2D eigenvalue weighted by Crippen LogP contribution is 2.32. The van der Waals surface area contributed by atoms with E-state index in [-0.39, 0.29) is 11.4 Å². The van der Waals surface area contributed by atoms with E-state index in [9.17, 15) is 4.79 Å². The predicted molar refractivity (Wildman–Crippen MR) is 91.2 cm³/mol. The number of likely N-dealkylation sites (N-methyl/N-ethyl adjacent to an activating group) is 1. The summed E-state index contributed by atoms with van der Waals surface area (Å²) in [5.74, 6) is 0.265. The Morgan fingerprint density at radius 3 is 2.58 bits per heavy atom. The summed E-state index contributed by atoms with van der Waals surface area (Å²) in [6.45, 7) is 6.81. The minimum absolute atomic E-state index is 0.0901. The molecule has 0 radical (unpaired) electrons. The van der Waals surface area contributed by atoms with Crippen molar-refractivity contribution in [3.63, 3.8) is 0 Å². The zero-order valence-corrected chi connectivity index (χ0v) is 14.3. The van der Waals surface area contributed by atoms with Crippen molar-refractivity contribution in [1.82, 2.24) is 9.80 Å². The third kappa shape index (κ3) is 3.45. The third-order valence-electron chi connectivity index (χ3n) is 5.26. The molecule has 0 unspecified atom stereocenters. The highest BCUT2D eigenvalue weighted by Gasteiger charge is 2.43. The largest absolute Gasteiger partial charge is 0.381 e. The summed E-state index contributed by atoms with van der Waals surface area (Å²) in [6.07, 6.45) is 2.40. The molecule has 1 aromatic rings. The Morgan fingerprint density at radius 1 is 1.25 bits per heavy atom. The fourth-order valence-corrected chi connectivity index (χ4v) is 4.00. The van der Waals surface area contributed by atoms with Crippen LogP contribution in [0.4, 0.5) is 0 Å². The molecule has 0 bridgehead atoms. The van der Waals surface area contributed by atoms with Crippen LogP contribution in [-0.2, 0) is 16.1 Å². The first-order valence-electron chi connectivity index (χ1n) is 8.76. The van der Waals surface area contributed by atoms with E-state index in [0.29, 0.717) is 12.0 Å². The average molecular weight is 327 g/mol. The fraction of sp³-hybridized carbons (Fsp3) is 0.579. The smallest absolute Gasteiger partial charge is 0.224 e. The van der Waals surface area contributed by atoms with E-state index in [0.717, 1.165) is 52.2 Å². The Labute approximate surface area is 143 Å². The van der Waals surface area contributed by atoms with Crippen LogP contribution in [-0.4, -0.2) is 54.1 Å². The van der Waals surface area contributed by atoms with Gasteiger partial charge in [0.15, 0.2) is 0 Å². The zero-order valence-electron chi connectivity index (χ0n) is 14.3. The van der Waals surface area contributed by atoms with Gasteiger partial charge in [-0.05, 0) is 37.5 Å². The van der Waals surface area contributed by atoms with Crippen LogP contribution in [0.25, 0.3) is 0 Å². The van der Waals surface area contributed by atoms with Gasteiger partial charge >= 0.3 is 0 Å². The lowest BCUT2D eigenvalue weighted by Gasteiger charge is -2.46. The molecule has 24 heavy (non-hydrogen) atoms. The quantitative estimate of drug-likeness (QED) is 0.854. The molecule has 0 aliphatic carbocycles. The number of nitriles is 1. The van der Waals surface area contributed by atoms with E-state index in [4.69, 9.17) is 10.00 Å². The standard InChI is InChI=1S/C19H25N3O2/c1-2-22-18(23)7-10-21(15-19(22)8-11-24-12-9-19)14-17-5-3-16(13-20)4-6-17/h3-6H,2,7-12,14-15H2,1H3. The first-order valence-corrected chi connectivity index (χ1v) is 8.76. The van der Waals surface area contributed by atoms with Gasteiger partial charge in [-0.15, -0.1) is 0 Å².